The van der Waals surface area contributed by atoms with Gasteiger partial charge in [0.1, 0.15) is 11.5 Å². The summed E-state index contributed by atoms with van der Waals surface area (Å²) in [5, 5.41) is 0. The zero-order valence-corrected chi connectivity index (χ0v) is 13.8. The number of methoxy groups -OCH3 is 1. The first-order valence-corrected chi connectivity index (χ1v) is 7.48. The van der Waals surface area contributed by atoms with Gasteiger partial charge in [0.05, 0.1) is 13.5 Å². The van der Waals surface area contributed by atoms with Gasteiger partial charge in [-0.05, 0) is 35.4 Å². The Morgan fingerprint density at radius 1 is 1.04 bits per heavy atom. The van der Waals surface area contributed by atoms with E-state index in [1.165, 1.54) is 29.2 Å². The number of alkyl halides is 3. The Bertz CT molecular complexity index is 714. The van der Waals surface area contributed by atoms with Gasteiger partial charge in [0.2, 0.25) is 5.91 Å². The standard InChI is InChI=1S/C18H18F3NO3/c1-22(17(23)11-14-4-3-5-16(10-14)24-2)12-13-6-8-15(9-7-13)25-18(19,20)21/h3-10H,11-12H2,1-2H3. The summed E-state index contributed by atoms with van der Waals surface area (Å²) < 4.78 is 45.3. The number of amides is 1. The Morgan fingerprint density at radius 2 is 1.72 bits per heavy atom. The van der Waals surface area contributed by atoms with Crippen LogP contribution in [0.25, 0.3) is 0 Å². The summed E-state index contributed by atoms with van der Waals surface area (Å²) in [6.45, 7) is 0.287. The lowest BCUT2D eigenvalue weighted by molar-refractivity contribution is -0.274. The molecule has 0 aliphatic carbocycles. The van der Waals surface area contributed by atoms with Crippen molar-refractivity contribution in [3.8, 4) is 11.5 Å². The number of hydrogen-bond acceptors (Lipinski definition) is 3. The molecule has 1 amide bonds. The smallest absolute Gasteiger partial charge is 0.497 e. The fourth-order valence-corrected chi connectivity index (χ4v) is 2.25. The summed E-state index contributed by atoms with van der Waals surface area (Å²) in [6.07, 6.45) is -4.51. The fourth-order valence-electron chi connectivity index (χ4n) is 2.25. The van der Waals surface area contributed by atoms with Crippen LogP contribution in [-0.2, 0) is 17.8 Å². The van der Waals surface area contributed by atoms with E-state index in [0.717, 1.165) is 5.56 Å². The van der Waals surface area contributed by atoms with Gasteiger partial charge >= 0.3 is 6.36 Å². The predicted molar refractivity (Wildman–Crippen MR) is 86.3 cm³/mol. The molecular weight excluding hydrogens is 335 g/mol. The van der Waals surface area contributed by atoms with Crippen molar-refractivity contribution in [3.05, 3.63) is 59.7 Å². The molecule has 2 aromatic carbocycles. The number of ether oxygens (including phenoxy) is 2. The minimum absolute atomic E-state index is 0.108. The van der Waals surface area contributed by atoms with Crippen LogP contribution >= 0.6 is 0 Å². The zero-order valence-electron chi connectivity index (χ0n) is 13.8. The molecule has 4 nitrogen and oxygen atoms in total. The first-order valence-electron chi connectivity index (χ1n) is 7.48. The van der Waals surface area contributed by atoms with E-state index >= 15 is 0 Å². The lowest BCUT2D eigenvalue weighted by atomic mass is 10.1. The summed E-state index contributed by atoms with van der Waals surface area (Å²) in [4.78, 5) is 13.8. The van der Waals surface area contributed by atoms with Gasteiger partial charge in [-0.1, -0.05) is 24.3 Å². The van der Waals surface area contributed by atoms with Gasteiger partial charge in [-0.15, -0.1) is 13.2 Å². The molecule has 0 aliphatic rings. The molecule has 0 saturated heterocycles. The first-order chi connectivity index (χ1) is 11.8. The van der Waals surface area contributed by atoms with Crippen LogP contribution in [0, 0.1) is 0 Å². The van der Waals surface area contributed by atoms with Gasteiger partial charge < -0.3 is 14.4 Å². The lowest BCUT2D eigenvalue weighted by Crippen LogP contribution is -2.27. The number of nitrogens with zero attached hydrogens (tertiary/aromatic N) is 1. The molecule has 0 heterocycles. The Balaban J connectivity index is 1.94. The summed E-state index contributed by atoms with van der Waals surface area (Å²) in [5.41, 5.74) is 1.53. The number of halogens is 3. The second-order valence-corrected chi connectivity index (χ2v) is 5.47. The maximum atomic E-state index is 12.3. The molecule has 0 spiro atoms. The summed E-state index contributed by atoms with van der Waals surface area (Å²) in [7, 11) is 3.20. The molecule has 0 bridgehead atoms. The van der Waals surface area contributed by atoms with Crippen LogP contribution in [0.3, 0.4) is 0 Å². The SMILES string of the molecule is COc1cccc(CC(=O)N(C)Cc2ccc(OC(F)(F)F)cc2)c1. The number of carbonyl (C=O) groups is 1. The van der Waals surface area contributed by atoms with E-state index in [4.69, 9.17) is 4.74 Å². The number of benzene rings is 2. The average Bonchev–Trinajstić information content (AvgIpc) is 2.55. The molecule has 0 saturated carbocycles. The van der Waals surface area contributed by atoms with E-state index in [-0.39, 0.29) is 24.6 Å². The van der Waals surface area contributed by atoms with Gasteiger partial charge in [-0.3, -0.25) is 4.79 Å². The highest BCUT2D eigenvalue weighted by molar-refractivity contribution is 5.78. The first kappa shape index (κ1) is 18.6. The Kier molecular flexibility index (Phi) is 5.90. The van der Waals surface area contributed by atoms with E-state index in [1.807, 2.05) is 6.07 Å². The molecule has 0 atom stereocenters. The van der Waals surface area contributed by atoms with Crippen molar-refractivity contribution in [1.82, 2.24) is 4.90 Å². The van der Waals surface area contributed by atoms with Gasteiger partial charge in [0, 0.05) is 13.6 Å². The minimum atomic E-state index is -4.72. The van der Waals surface area contributed by atoms with Gasteiger partial charge in [0.15, 0.2) is 0 Å². The third-order valence-electron chi connectivity index (χ3n) is 3.49. The van der Waals surface area contributed by atoms with Crippen LogP contribution in [0.4, 0.5) is 13.2 Å². The van der Waals surface area contributed by atoms with E-state index in [9.17, 15) is 18.0 Å². The number of rotatable bonds is 6. The van der Waals surface area contributed by atoms with Crippen molar-refractivity contribution in [2.24, 2.45) is 0 Å². The molecular formula is C18H18F3NO3. The van der Waals surface area contributed by atoms with Crippen molar-refractivity contribution in [2.45, 2.75) is 19.3 Å². The van der Waals surface area contributed by atoms with E-state index in [1.54, 1.807) is 32.4 Å². The zero-order chi connectivity index (χ0) is 18.4. The third-order valence-corrected chi connectivity index (χ3v) is 3.49. The van der Waals surface area contributed by atoms with Gasteiger partial charge in [-0.25, -0.2) is 0 Å². The fraction of sp³-hybridized carbons (Fsp3) is 0.278. The topological polar surface area (TPSA) is 38.8 Å². The van der Waals surface area contributed by atoms with Crippen LogP contribution in [-0.4, -0.2) is 31.3 Å². The Hall–Kier alpha value is -2.70. The molecule has 0 N–H and O–H groups in total. The van der Waals surface area contributed by atoms with Gasteiger partial charge in [0.25, 0.3) is 0 Å². The molecule has 2 aromatic rings. The highest BCUT2D eigenvalue weighted by Gasteiger charge is 2.30. The molecule has 2 rings (SSSR count). The predicted octanol–water partition coefficient (Wildman–Crippen LogP) is 3.79. The molecule has 7 heteroatoms. The highest BCUT2D eigenvalue weighted by atomic mass is 19.4. The quantitative estimate of drug-likeness (QED) is 0.793. The summed E-state index contributed by atoms with van der Waals surface area (Å²) >= 11 is 0. The molecule has 0 fully saturated rings. The normalized spacial score (nSPS) is 11.1. The molecule has 0 radical (unpaired) electrons. The average molecular weight is 353 g/mol. The highest BCUT2D eigenvalue weighted by Crippen LogP contribution is 2.23. The van der Waals surface area contributed by atoms with Crippen LogP contribution < -0.4 is 9.47 Å². The number of carbonyl (C=O) groups excluding carboxylic acids is 1. The van der Waals surface area contributed by atoms with Gasteiger partial charge in [-0.2, -0.15) is 0 Å². The monoisotopic (exact) mass is 353 g/mol. The van der Waals surface area contributed by atoms with E-state index in [0.29, 0.717) is 11.3 Å². The van der Waals surface area contributed by atoms with Crippen LogP contribution in [0.2, 0.25) is 0 Å². The maximum Gasteiger partial charge on any atom is 0.573 e. The second-order valence-electron chi connectivity index (χ2n) is 5.47. The van der Waals surface area contributed by atoms with Crippen molar-refractivity contribution in [2.75, 3.05) is 14.2 Å². The Labute approximate surface area is 143 Å². The Morgan fingerprint density at radius 3 is 2.32 bits per heavy atom. The van der Waals surface area contributed by atoms with E-state index in [2.05, 4.69) is 4.74 Å². The largest absolute Gasteiger partial charge is 0.573 e. The molecule has 134 valence electrons. The maximum absolute atomic E-state index is 12.3. The van der Waals surface area contributed by atoms with Crippen molar-refractivity contribution in [3.63, 3.8) is 0 Å². The van der Waals surface area contributed by atoms with Crippen LogP contribution in [0.5, 0.6) is 11.5 Å². The molecule has 0 aliphatic heterocycles. The molecule has 0 unspecified atom stereocenters. The molecule has 25 heavy (non-hydrogen) atoms. The van der Waals surface area contributed by atoms with Crippen molar-refractivity contribution in [1.29, 1.82) is 0 Å². The van der Waals surface area contributed by atoms with Crippen molar-refractivity contribution >= 4 is 5.91 Å². The van der Waals surface area contributed by atoms with Crippen LogP contribution in [0.15, 0.2) is 48.5 Å². The number of likely N-dealkylation sites (N-methyl/N-ethyl adjacent to an activating group) is 1. The summed E-state index contributed by atoms with van der Waals surface area (Å²) in [6, 6.07) is 12.7. The van der Waals surface area contributed by atoms with E-state index < -0.39 is 6.36 Å². The molecule has 0 aromatic heterocycles. The summed E-state index contributed by atoms with van der Waals surface area (Å²) in [5.74, 6) is 0.277. The second kappa shape index (κ2) is 7.92. The van der Waals surface area contributed by atoms with Crippen molar-refractivity contribution < 1.29 is 27.4 Å². The number of hydrogen-bond donors (Lipinski definition) is 0. The van der Waals surface area contributed by atoms with Crippen LogP contribution in [0.1, 0.15) is 11.1 Å². The third kappa shape index (κ3) is 6.02. The minimum Gasteiger partial charge on any atom is -0.497 e. The lowest BCUT2D eigenvalue weighted by Gasteiger charge is -2.18.